The number of hydrogen-bond donors (Lipinski definition) is 0. The number of quaternary nitrogens is 1. The highest BCUT2D eigenvalue weighted by atomic mass is 31.2. The minimum atomic E-state index is -4.65. The van der Waals surface area contributed by atoms with E-state index in [1.807, 2.05) is 112 Å². The molecule has 2 atom stereocenters. The maximum absolute atomic E-state index is 12.6. The van der Waals surface area contributed by atoms with E-state index in [0.717, 1.165) is 64.2 Å². The number of allylic oxidation sites excluding steroid dienone is 20. The van der Waals surface area contributed by atoms with Gasteiger partial charge in [-0.2, -0.15) is 0 Å². The SMILES string of the molecule is CC/C=C/C=C/C=C/C=C/C=C/C=C/C=C/CCCCCC(=O)OCC(COP(=O)([O-])OCC[N+](C)(C)C)OC(=O)CCCCCCC/C=C/C=C/C=C/CC. The molecule has 10 heteroatoms. The predicted molar refractivity (Wildman–Crippen MR) is 231 cm³/mol. The van der Waals surface area contributed by atoms with Crippen LogP contribution in [0.25, 0.3) is 0 Å². The van der Waals surface area contributed by atoms with Crippen LogP contribution in [0, 0.1) is 0 Å². The minimum Gasteiger partial charge on any atom is -0.756 e. The molecule has 0 aliphatic carbocycles. The smallest absolute Gasteiger partial charge is 0.306 e. The predicted octanol–water partition coefficient (Wildman–Crippen LogP) is 10.7. The molecule has 0 aliphatic rings. The summed E-state index contributed by atoms with van der Waals surface area (Å²) in [5.41, 5.74) is 0. The second-order valence-electron chi connectivity index (χ2n) is 14.1. The maximum Gasteiger partial charge on any atom is 0.306 e. The number of esters is 2. The molecule has 0 rings (SSSR count). The lowest BCUT2D eigenvalue weighted by Gasteiger charge is -2.28. The molecule has 0 radical (unpaired) electrons. The summed E-state index contributed by atoms with van der Waals surface area (Å²) in [6, 6.07) is 0. The lowest BCUT2D eigenvalue weighted by atomic mass is 10.1. The highest BCUT2D eigenvalue weighted by Crippen LogP contribution is 2.38. The highest BCUT2D eigenvalue weighted by Gasteiger charge is 2.21. The van der Waals surface area contributed by atoms with Crippen LogP contribution < -0.4 is 4.89 Å². The van der Waals surface area contributed by atoms with Gasteiger partial charge in [-0.3, -0.25) is 14.2 Å². The van der Waals surface area contributed by atoms with Crippen LogP contribution in [0.3, 0.4) is 0 Å². The average Bonchev–Trinajstić information content (AvgIpc) is 3.15. The third-order valence-electron chi connectivity index (χ3n) is 7.73. The average molecular weight is 798 g/mol. The molecule has 0 bridgehead atoms. The molecule has 9 nitrogen and oxygen atoms in total. The van der Waals surface area contributed by atoms with Gasteiger partial charge in [0.2, 0.25) is 0 Å². The van der Waals surface area contributed by atoms with Gasteiger partial charge in [-0.15, -0.1) is 0 Å². The standard InChI is InChI=1S/C46H72NO8P/c1-6-8-10-12-14-16-18-20-21-22-23-24-25-27-28-30-32-34-36-38-45(48)52-42-44(43-54-56(50,51)53-41-40-47(3,4)5)55-46(49)39-37-35-33-31-29-26-19-17-15-13-11-9-7-2/h8-25,27-28,44H,6-7,26,29-43H2,1-5H3/b10-8+,11-9+,14-12+,15-13+,18-16+,19-17+,21-20+,23-22+,25-24+,28-27+. The highest BCUT2D eigenvalue weighted by molar-refractivity contribution is 7.45. The van der Waals surface area contributed by atoms with Crippen molar-refractivity contribution in [3.8, 4) is 0 Å². The first-order chi connectivity index (χ1) is 27.0. The first kappa shape index (κ1) is 52.4. The van der Waals surface area contributed by atoms with E-state index in [9.17, 15) is 19.0 Å². The number of ether oxygens (including phenoxy) is 2. The van der Waals surface area contributed by atoms with Gasteiger partial charge in [0.25, 0.3) is 7.82 Å². The quantitative estimate of drug-likeness (QED) is 0.0208. The Kier molecular flexibility index (Phi) is 34.6. The van der Waals surface area contributed by atoms with E-state index in [0.29, 0.717) is 23.9 Å². The van der Waals surface area contributed by atoms with Crippen LogP contribution >= 0.6 is 7.82 Å². The van der Waals surface area contributed by atoms with Crippen molar-refractivity contribution in [2.75, 3.05) is 47.5 Å². The summed E-state index contributed by atoms with van der Waals surface area (Å²) >= 11 is 0. The molecule has 0 saturated heterocycles. The Balaban J connectivity index is 4.57. The summed E-state index contributed by atoms with van der Waals surface area (Å²) < 4.78 is 33.7. The Hall–Kier alpha value is -3.59. The second-order valence-corrected chi connectivity index (χ2v) is 15.5. The van der Waals surface area contributed by atoms with Crippen molar-refractivity contribution >= 4 is 19.8 Å². The van der Waals surface area contributed by atoms with Crippen LogP contribution in [0.5, 0.6) is 0 Å². The third-order valence-corrected chi connectivity index (χ3v) is 8.70. The molecule has 0 heterocycles. The molecule has 0 aromatic heterocycles. The van der Waals surface area contributed by atoms with Crippen molar-refractivity contribution in [2.45, 2.75) is 110 Å². The molecular formula is C46H72NO8P. The number of likely N-dealkylation sites (N-methyl/N-ethyl adjacent to an activating group) is 1. The monoisotopic (exact) mass is 797 g/mol. The molecule has 0 aromatic carbocycles. The molecule has 0 aliphatic heterocycles. The minimum absolute atomic E-state index is 0.0515. The Morgan fingerprint density at radius 2 is 0.964 bits per heavy atom. The van der Waals surface area contributed by atoms with Crippen LogP contribution in [0.15, 0.2) is 122 Å². The zero-order valence-electron chi connectivity index (χ0n) is 35.0. The molecule has 0 amide bonds. The van der Waals surface area contributed by atoms with E-state index in [1.54, 1.807) is 0 Å². The number of unbranched alkanes of at least 4 members (excludes halogenated alkanes) is 8. The summed E-state index contributed by atoms with van der Waals surface area (Å²) in [5, 5.41) is 0. The van der Waals surface area contributed by atoms with E-state index in [-0.39, 0.29) is 26.1 Å². The molecule has 0 saturated carbocycles. The molecule has 0 fully saturated rings. The van der Waals surface area contributed by atoms with E-state index < -0.39 is 32.5 Å². The van der Waals surface area contributed by atoms with Crippen molar-refractivity contribution in [3.63, 3.8) is 0 Å². The van der Waals surface area contributed by atoms with E-state index in [2.05, 4.69) is 44.2 Å². The number of rotatable bonds is 34. The Bertz CT molecular complexity index is 1360. The second kappa shape index (κ2) is 37.0. The largest absolute Gasteiger partial charge is 0.756 e. The zero-order chi connectivity index (χ0) is 41.4. The fourth-order valence-corrected chi connectivity index (χ4v) is 5.30. The van der Waals surface area contributed by atoms with Gasteiger partial charge in [-0.25, -0.2) is 0 Å². The topological polar surface area (TPSA) is 111 Å². The van der Waals surface area contributed by atoms with Gasteiger partial charge >= 0.3 is 11.9 Å². The van der Waals surface area contributed by atoms with E-state index in [4.69, 9.17) is 18.5 Å². The van der Waals surface area contributed by atoms with Crippen molar-refractivity contribution in [1.82, 2.24) is 0 Å². The fourth-order valence-electron chi connectivity index (χ4n) is 4.58. The summed E-state index contributed by atoms with van der Waals surface area (Å²) in [7, 11) is 1.09. The number of nitrogens with zero attached hydrogens (tertiary/aromatic N) is 1. The normalized spacial score (nSPS) is 14.9. The summed E-state index contributed by atoms with van der Waals surface area (Å²) in [5.74, 6) is -0.929. The van der Waals surface area contributed by atoms with E-state index in [1.165, 1.54) is 0 Å². The summed E-state index contributed by atoms with van der Waals surface area (Å²) in [6.07, 6.45) is 50.8. The molecular weight excluding hydrogens is 725 g/mol. The third kappa shape index (κ3) is 40.1. The summed E-state index contributed by atoms with van der Waals surface area (Å²) in [6.45, 7) is 3.81. The number of phosphoric acid groups is 1. The molecule has 56 heavy (non-hydrogen) atoms. The van der Waals surface area contributed by atoms with Gasteiger partial charge in [0, 0.05) is 12.8 Å². The van der Waals surface area contributed by atoms with Gasteiger partial charge in [-0.05, 0) is 51.4 Å². The van der Waals surface area contributed by atoms with Crippen LogP contribution in [0.4, 0.5) is 0 Å². The van der Waals surface area contributed by atoms with Gasteiger partial charge in [0.15, 0.2) is 6.10 Å². The van der Waals surface area contributed by atoms with Gasteiger partial charge in [0.05, 0.1) is 27.7 Å². The van der Waals surface area contributed by atoms with Crippen LogP contribution in [-0.2, 0) is 32.7 Å². The molecule has 0 aromatic rings. The molecule has 314 valence electrons. The Labute approximate surface area is 339 Å². The van der Waals surface area contributed by atoms with Gasteiger partial charge < -0.3 is 27.9 Å². The van der Waals surface area contributed by atoms with Gasteiger partial charge in [-0.1, -0.05) is 161 Å². The van der Waals surface area contributed by atoms with Crippen LogP contribution in [0.2, 0.25) is 0 Å². The number of carbonyl (C=O) groups excluding carboxylic acids is 2. The Morgan fingerprint density at radius 1 is 0.554 bits per heavy atom. The van der Waals surface area contributed by atoms with Crippen LogP contribution in [-0.4, -0.2) is 70.0 Å². The number of hydrogen-bond acceptors (Lipinski definition) is 8. The first-order valence-corrected chi connectivity index (χ1v) is 21.8. The van der Waals surface area contributed by atoms with Crippen molar-refractivity contribution < 1.29 is 42.1 Å². The molecule has 2 unspecified atom stereocenters. The fraction of sp³-hybridized carbons (Fsp3) is 0.522. The molecule has 0 spiro atoms. The molecule has 0 N–H and O–H groups in total. The lowest BCUT2D eigenvalue weighted by molar-refractivity contribution is -0.870. The maximum atomic E-state index is 12.6. The summed E-state index contributed by atoms with van der Waals surface area (Å²) in [4.78, 5) is 37.4. The number of phosphoric ester groups is 1. The zero-order valence-corrected chi connectivity index (χ0v) is 35.9. The Morgan fingerprint density at radius 3 is 1.45 bits per heavy atom. The first-order valence-electron chi connectivity index (χ1n) is 20.4. The number of carbonyl (C=O) groups is 2. The van der Waals surface area contributed by atoms with Crippen molar-refractivity contribution in [1.29, 1.82) is 0 Å². The van der Waals surface area contributed by atoms with Crippen molar-refractivity contribution in [2.24, 2.45) is 0 Å². The van der Waals surface area contributed by atoms with Gasteiger partial charge in [0.1, 0.15) is 19.8 Å². The van der Waals surface area contributed by atoms with E-state index >= 15 is 0 Å². The van der Waals surface area contributed by atoms with Crippen LogP contribution in [0.1, 0.15) is 104 Å². The van der Waals surface area contributed by atoms with Crippen molar-refractivity contribution in [3.05, 3.63) is 122 Å². The lowest BCUT2D eigenvalue weighted by Crippen LogP contribution is -2.37.